The minimum absolute atomic E-state index is 0.130. The summed E-state index contributed by atoms with van der Waals surface area (Å²) in [5, 5.41) is 6.64. The number of para-hydroxylation sites is 1. The maximum Gasteiger partial charge on any atom is 0.225 e. The van der Waals surface area contributed by atoms with E-state index in [9.17, 15) is 4.79 Å². The number of halogens is 2. The zero-order valence-electron chi connectivity index (χ0n) is 10.1. The van der Waals surface area contributed by atoms with E-state index in [0.717, 1.165) is 6.54 Å². The number of carbonyl (C=O) groups excluding carboxylic acids is 1. The zero-order chi connectivity index (χ0) is 13.4. The normalized spacial score (nSPS) is 10.4. The standard InChI is InChI=1S/C12H16Cl2N2O2/c1-18-8-7-15-6-5-11(17)16-12-9(13)3-2-4-10(12)14/h2-4,15H,5-8H2,1H3,(H,16,17). The average molecular weight is 291 g/mol. The van der Waals surface area contributed by atoms with Gasteiger partial charge in [0, 0.05) is 26.6 Å². The molecule has 0 aliphatic heterocycles. The van der Waals surface area contributed by atoms with Gasteiger partial charge in [-0.25, -0.2) is 0 Å². The molecule has 18 heavy (non-hydrogen) atoms. The largest absolute Gasteiger partial charge is 0.383 e. The van der Waals surface area contributed by atoms with E-state index in [2.05, 4.69) is 10.6 Å². The fourth-order valence-electron chi connectivity index (χ4n) is 1.32. The van der Waals surface area contributed by atoms with E-state index >= 15 is 0 Å². The van der Waals surface area contributed by atoms with Crippen LogP contribution in [0.4, 0.5) is 5.69 Å². The van der Waals surface area contributed by atoms with Crippen molar-refractivity contribution in [3.05, 3.63) is 28.2 Å². The summed E-state index contributed by atoms with van der Waals surface area (Å²) in [5.41, 5.74) is 0.461. The molecule has 0 aromatic heterocycles. The fraction of sp³-hybridized carbons (Fsp3) is 0.417. The first-order chi connectivity index (χ1) is 8.65. The topological polar surface area (TPSA) is 50.4 Å². The fourth-order valence-corrected chi connectivity index (χ4v) is 1.81. The van der Waals surface area contributed by atoms with E-state index in [1.54, 1.807) is 25.3 Å². The summed E-state index contributed by atoms with van der Waals surface area (Å²) in [6.07, 6.45) is 0.352. The van der Waals surface area contributed by atoms with Gasteiger partial charge in [-0.3, -0.25) is 4.79 Å². The minimum atomic E-state index is -0.130. The molecule has 0 aliphatic rings. The lowest BCUT2D eigenvalue weighted by Gasteiger charge is -2.09. The van der Waals surface area contributed by atoms with Crippen LogP contribution in [0, 0.1) is 0 Å². The van der Waals surface area contributed by atoms with Gasteiger partial charge < -0.3 is 15.4 Å². The Morgan fingerprint density at radius 2 is 1.94 bits per heavy atom. The third-order valence-electron chi connectivity index (χ3n) is 2.24. The van der Waals surface area contributed by atoms with Gasteiger partial charge in [0.15, 0.2) is 0 Å². The van der Waals surface area contributed by atoms with Crippen molar-refractivity contribution in [2.75, 3.05) is 32.1 Å². The molecule has 1 aromatic carbocycles. The number of hydrogen-bond acceptors (Lipinski definition) is 3. The van der Waals surface area contributed by atoms with Crippen LogP contribution in [0.15, 0.2) is 18.2 Å². The predicted octanol–water partition coefficient (Wildman–Crippen LogP) is 2.56. The summed E-state index contributed by atoms with van der Waals surface area (Å²) in [6, 6.07) is 5.09. The number of methoxy groups -OCH3 is 1. The number of rotatable bonds is 7. The second kappa shape index (κ2) is 8.32. The molecule has 6 heteroatoms. The summed E-state index contributed by atoms with van der Waals surface area (Å²) in [7, 11) is 1.63. The molecule has 0 atom stereocenters. The number of nitrogens with one attached hydrogen (secondary N) is 2. The molecule has 4 nitrogen and oxygen atoms in total. The molecule has 0 saturated heterocycles. The molecule has 100 valence electrons. The van der Waals surface area contributed by atoms with Crippen molar-refractivity contribution in [2.24, 2.45) is 0 Å². The second-order valence-electron chi connectivity index (χ2n) is 3.64. The average Bonchev–Trinajstić information content (AvgIpc) is 2.34. The Kier molecular flexibility index (Phi) is 7.05. The maximum atomic E-state index is 11.6. The van der Waals surface area contributed by atoms with Crippen LogP contribution in [-0.4, -0.2) is 32.7 Å². The highest BCUT2D eigenvalue weighted by Gasteiger charge is 2.08. The molecular weight excluding hydrogens is 275 g/mol. The van der Waals surface area contributed by atoms with Crippen LogP contribution in [-0.2, 0) is 9.53 Å². The van der Waals surface area contributed by atoms with E-state index in [1.165, 1.54) is 0 Å². The molecule has 0 saturated carbocycles. The van der Waals surface area contributed by atoms with Gasteiger partial charge in [-0.05, 0) is 12.1 Å². The van der Waals surface area contributed by atoms with Gasteiger partial charge in [-0.2, -0.15) is 0 Å². The molecule has 0 aliphatic carbocycles. The van der Waals surface area contributed by atoms with Crippen LogP contribution in [0.25, 0.3) is 0 Å². The first kappa shape index (κ1) is 15.2. The molecule has 0 fully saturated rings. The van der Waals surface area contributed by atoms with Gasteiger partial charge >= 0.3 is 0 Å². The number of carbonyl (C=O) groups is 1. The van der Waals surface area contributed by atoms with Gasteiger partial charge in [-0.15, -0.1) is 0 Å². The van der Waals surface area contributed by atoms with Crippen molar-refractivity contribution in [3.8, 4) is 0 Å². The smallest absolute Gasteiger partial charge is 0.225 e. The van der Waals surface area contributed by atoms with Crippen LogP contribution in [0.1, 0.15) is 6.42 Å². The lowest BCUT2D eigenvalue weighted by atomic mass is 10.3. The molecular formula is C12H16Cl2N2O2. The van der Waals surface area contributed by atoms with Gasteiger partial charge in [0.05, 0.1) is 22.3 Å². The number of benzene rings is 1. The predicted molar refractivity (Wildman–Crippen MR) is 74.5 cm³/mol. The summed E-state index contributed by atoms with van der Waals surface area (Å²) >= 11 is 11.9. The molecule has 1 amide bonds. The Hall–Kier alpha value is -0.810. The summed E-state index contributed by atoms with van der Waals surface area (Å²) < 4.78 is 4.88. The third kappa shape index (κ3) is 5.23. The molecule has 0 spiro atoms. The molecule has 0 unspecified atom stereocenters. The van der Waals surface area contributed by atoms with Crippen LogP contribution in [0.3, 0.4) is 0 Å². The van der Waals surface area contributed by atoms with E-state index < -0.39 is 0 Å². The SMILES string of the molecule is COCCNCCC(=O)Nc1c(Cl)cccc1Cl. The van der Waals surface area contributed by atoms with Crippen molar-refractivity contribution in [3.63, 3.8) is 0 Å². The lowest BCUT2D eigenvalue weighted by Crippen LogP contribution is -2.24. The van der Waals surface area contributed by atoms with Gasteiger partial charge in [0.25, 0.3) is 0 Å². The molecule has 0 bridgehead atoms. The molecule has 0 radical (unpaired) electrons. The Morgan fingerprint density at radius 1 is 1.28 bits per heavy atom. The van der Waals surface area contributed by atoms with Crippen molar-refractivity contribution >= 4 is 34.8 Å². The number of anilines is 1. The Balaban J connectivity index is 2.36. The monoisotopic (exact) mass is 290 g/mol. The first-order valence-corrected chi connectivity index (χ1v) is 6.34. The van der Waals surface area contributed by atoms with Crippen LogP contribution < -0.4 is 10.6 Å². The van der Waals surface area contributed by atoms with Crippen molar-refractivity contribution in [1.29, 1.82) is 0 Å². The van der Waals surface area contributed by atoms with Gasteiger partial charge in [0.1, 0.15) is 0 Å². The molecule has 1 aromatic rings. The lowest BCUT2D eigenvalue weighted by molar-refractivity contribution is -0.116. The number of ether oxygens (including phenoxy) is 1. The van der Waals surface area contributed by atoms with E-state index in [-0.39, 0.29) is 5.91 Å². The third-order valence-corrected chi connectivity index (χ3v) is 2.87. The Bertz CT molecular complexity index is 379. The Morgan fingerprint density at radius 3 is 2.56 bits per heavy atom. The summed E-state index contributed by atoms with van der Waals surface area (Å²) in [6.45, 7) is 1.92. The molecule has 0 heterocycles. The van der Waals surface area contributed by atoms with E-state index in [4.69, 9.17) is 27.9 Å². The second-order valence-corrected chi connectivity index (χ2v) is 4.45. The quantitative estimate of drug-likeness (QED) is 0.759. The maximum absolute atomic E-state index is 11.6. The van der Waals surface area contributed by atoms with E-state index in [0.29, 0.717) is 35.3 Å². The Labute approximate surface area is 117 Å². The molecule has 2 N–H and O–H groups in total. The van der Waals surface area contributed by atoms with Crippen LogP contribution in [0.5, 0.6) is 0 Å². The van der Waals surface area contributed by atoms with Crippen molar-refractivity contribution < 1.29 is 9.53 Å². The highest BCUT2D eigenvalue weighted by atomic mass is 35.5. The van der Waals surface area contributed by atoms with Crippen LogP contribution in [0.2, 0.25) is 10.0 Å². The van der Waals surface area contributed by atoms with Crippen molar-refractivity contribution in [1.82, 2.24) is 5.32 Å². The first-order valence-electron chi connectivity index (χ1n) is 5.58. The number of hydrogen-bond donors (Lipinski definition) is 2. The highest BCUT2D eigenvalue weighted by Crippen LogP contribution is 2.29. The minimum Gasteiger partial charge on any atom is -0.383 e. The summed E-state index contributed by atoms with van der Waals surface area (Å²) in [4.78, 5) is 11.6. The summed E-state index contributed by atoms with van der Waals surface area (Å²) in [5.74, 6) is -0.130. The van der Waals surface area contributed by atoms with Gasteiger partial charge in [-0.1, -0.05) is 29.3 Å². The van der Waals surface area contributed by atoms with E-state index in [1.807, 2.05) is 0 Å². The van der Waals surface area contributed by atoms with Crippen molar-refractivity contribution in [2.45, 2.75) is 6.42 Å². The highest BCUT2D eigenvalue weighted by molar-refractivity contribution is 6.39. The number of amides is 1. The molecule has 1 rings (SSSR count). The van der Waals surface area contributed by atoms with Crippen LogP contribution >= 0.6 is 23.2 Å². The van der Waals surface area contributed by atoms with Gasteiger partial charge in [0.2, 0.25) is 5.91 Å². The zero-order valence-corrected chi connectivity index (χ0v) is 11.6.